The molecule has 2 fully saturated rings. The Morgan fingerprint density at radius 2 is 2.10 bits per heavy atom. The maximum atomic E-state index is 12.1. The van der Waals surface area contributed by atoms with E-state index in [2.05, 4.69) is 5.32 Å². The summed E-state index contributed by atoms with van der Waals surface area (Å²) in [5.41, 5.74) is 0.481. The second-order valence-electron chi connectivity index (χ2n) is 6.26. The van der Waals surface area contributed by atoms with Crippen LogP contribution in [0.3, 0.4) is 0 Å². The first-order chi connectivity index (χ1) is 9.91. The summed E-state index contributed by atoms with van der Waals surface area (Å²) in [6, 6.07) is 6.06. The molecular formula is C15H20N2O3S. The monoisotopic (exact) mass is 308 g/mol. The van der Waals surface area contributed by atoms with Crippen LogP contribution in [0.5, 0.6) is 0 Å². The first-order valence-electron chi connectivity index (χ1n) is 7.34. The quantitative estimate of drug-likeness (QED) is 0.892. The summed E-state index contributed by atoms with van der Waals surface area (Å²) in [4.78, 5) is 12.1. The van der Waals surface area contributed by atoms with E-state index in [1.807, 2.05) is 0 Å². The lowest BCUT2D eigenvalue weighted by molar-refractivity contribution is -0.117. The van der Waals surface area contributed by atoms with Gasteiger partial charge >= 0.3 is 0 Å². The number of rotatable bonds is 4. The van der Waals surface area contributed by atoms with Gasteiger partial charge in [0.1, 0.15) is 0 Å². The van der Waals surface area contributed by atoms with Gasteiger partial charge in [0.2, 0.25) is 15.9 Å². The Kier molecular flexibility index (Phi) is 3.75. The van der Waals surface area contributed by atoms with Crippen LogP contribution in [0.4, 0.5) is 5.69 Å². The van der Waals surface area contributed by atoms with Crippen molar-refractivity contribution in [3.8, 4) is 0 Å². The van der Waals surface area contributed by atoms with Crippen molar-refractivity contribution in [3.63, 3.8) is 0 Å². The highest BCUT2D eigenvalue weighted by atomic mass is 32.2. The van der Waals surface area contributed by atoms with E-state index in [4.69, 9.17) is 5.14 Å². The molecular weight excluding hydrogens is 288 g/mol. The summed E-state index contributed by atoms with van der Waals surface area (Å²) < 4.78 is 22.6. The largest absolute Gasteiger partial charge is 0.326 e. The Labute approximate surface area is 125 Å². The molecule has 0 radical (unpaired) electrons. The molecule has 0 aliphatic heterocycles. The van der Waals surface area contributed by atoms with Crippen LogP contribution in [0.1, 0.15) is 32.1 Å². The number of amides is 1. The van der Waals surface area contributed by atoms with E-state index in [0.717, 1.165) is 12.3 Å². The summed E-state index contributed by atoms with van der Waals surface area (Å²) in [7, 11) is -3.74. The molecule has 2 aliphatic carbocycles. The van der Waals surface area contributed by atoms with Gasteiger partial charge in [-0.3, -0.25) is 4.79 Å². The number of nitrogens with two attached hydrogens (primary N) is 1. The van der Waals surface area contributed by atoms with E-state index < -0.39 is 10.0 Å². The average molecular weight is 308 g/mol. The number of fused-ring (bicyclic) bond motifs is 2. The molecule has 1 aromatic rings. The molecule has 1 amide bonds. The van der Waals surface area contributed by atoms with E-state index in [9.17, 15) is 13.2 Å². The van der Waals surface area contributed by atoms with E-state index in [1.165, 1.54) is 31.4 Å². The van der Waals surface area contributed by atoms with Gasteiger partial charge < -0.3 is 5.32 Å². The van der Waals surface area contributed by atoms with Crippen molar-refractivity contribution < 1.29 is 13.2 Å². The van der Waals surface area contributed by atoms with Gasteiger partial charge in [0.15, 0.2) is 0 Å². The number of carbonyl (C=O) groups is 1. The van der Waals surface area contributed by atoms with E-state index >= 15 is 0 Å². The number of primary sulfonamides is 1. The first kappa shape index (κ1) is 14.5. The molecule has 2 saturated carbocycles. The number of sulfonamides is 1. The fraction of sp³-hybridized carbons (Fsp3) is 0.533. The minimum Gasteiger partial charge on any atom is -0.326 e. The third-order valence-electron chi connectivity index (χ3n) is 4.78. The minimum absolute atomic E-state index is 0.0141. The molecule has 6 heteroatoms. The van der Waals surface area contributed by atoms with Gasteiger partial charge in [-0.2, -0.15) is 0 Å². The van der Waals surface area contributed by atoms with Crippen LogP contribution in [-0.2, 0) is 14.8 Å². The Bertz CT molecular complexity index is 657. The minimum atomic E-state index is -3.74. The zero-order valence-corrected chi connectivity index (χ0v) is 12.6. The lowest BCUT2D eigenvalue weighted by Gasteiger charge is -2.20. The molecule has 1 aromatic carbocycles. The van der Waals surface area contributed by atoms with Gasteiger partial charge in [0, 0.05) is 12.1 Å². The zero-order chi connectivity index (χ0) is 15.0. The van der Waals surface area contributed by atoms with Crippen molar-refractivity contribution in [1.82, 2.24) is 0 Å². The molecule has 3 N–H and O–H groups in total. The molecule has 0 spiro atoms. The average Bonchev–Trinajstić information content (AvgIpc) is 3.00. The Morgan fingerprint density at radius 3 is 2.71 bits per heavy atom. The third-order valence-corrected chi connectivity index (χ3v) is 5.69. The van der Waals surface area contributed by atoms with E-state index in [0.29, 0.717) is 23.9 Å². The van der Waals surface area contributed by atoms with Gasteiger partial charge in [-0.25, -0.2) is 13.6 Å². The Morgan fingerprint density at radius 1 is 1.29 bits per heavy atom. The van der Waals surface area contributed by atoms with Crippen molar-refractivity contribution in [1.29, 1.82) is 0 Å². The summed E-state index contributed by atoms with van der Waals surface area (Å²) in [5.74, 6) is 1.97. The number of nitrogens with one attached hydrogen (secondary N) is 1. The Hall–Kier alpha value is -1.40. The number of benzene rings is 1. The van der Waals surface area contributed by atoms with Crippen molar-refractivity contribution in [2.75, 3.05) is 5.32 Å². The first-order valence-corrected chi connectivity index (χ1v) is 8.89. The second-order valence-corrected chi connectivity index (χ2v) is 7.82. The summed E-state index contributed by atoms with van der Waals surface area (Å²) >= 11 is 0. The Balaban J connectivity index is 1.62. The molecule has 2 bridgehead atoms. The zero-order valence-electron chi connectivity index (χ0n) is 11.8. The van der Waals surface area contributed by atoms with Crippen molar-refractivity contribution in [2.45, 2.75) is 37.0 Å². The van der Waals surface area contributed by atoms with Crippen molar-refractivity contribution in [3.05, 3.63) is 24.3 Å². The van der Waals surface area contributed by atoms with Crippen LogP contribution in [0.2, 0.25) is 0 Å². The fourth-order valence-electron chi connectivity index (χ4n) is 3.83. The van der Waals surface area contributed by atoms with E-state index in [-0.39, 0.29) is 10.8 Å². The van der Waals surface area contributed by atoms with Crippen LogP contribution in [0, 0.1) is 17.8 Å². The van der Waals surface area contributed by atoms with Crippen molar-refractivity contribution >= 4 is 21.6 Å². The van der Waals surface area contributed by atoms with Crippen LogP contribution in [-0.4, -0.2) is 14.3 Å². The second kappa shape index (κ2) is 5.42. The molecule has 21 heavy (non-hydrogen) atoms. The molecule has 5 nitrogen and oxygen atoms in total. The standard InChI is InChI=1S/C15H20N2O3S/c16-21(19,20)14-3-1-2-13(9-14)17-15(18)8-12-7-10-4-5-11(12)6-10/h1-3,9-12H,4-8H2,(H,17,18)(H2,16,19,20)/t10-,11-,12+/m1/s1. The molecule has 3 atom stereocenters. The lowest BCUT2D eigenvalue weighted by Crippen LogP contribution is -2.20. The number of hydrogen-bond donors (Lipinski definition) is 2. The van der Waals surface area contributed by atoms with Crippen molar-refractivity contribution in [2.24, 2.45) is 22.9 Å². The molecule has 0 aromatic heterocycles. The molecule has 0 heterocycles. The highest BCUT2D eigenvalue weighted by Crippen LogP contribution is 2.49. The van der Waals surface area contributed by atoms with Gasteiger partial charge in [-0.05, 0) is 55.2 Å². The fourth-order valence-corrected chi connectivity index (χ4v) is 4.39. The number of carbonyl (C=O) groups excluding carboxylic acids is 1. The summed E-state index contributed by atoms with van der Waals surface area (Å²) in [6.07, 6.45) is 5.54. The SMILES string of the molecule is NS(=O)(=O)c1cccc(NC(=O)C[C@@H]2C[C@@H]3CC[C@@H]2C3)c1. The summed E-state index contributed by atoms with van der Waals surface area (Å²) in [6.45, 7) is 0. The van der Waals surface area contributed by atoms with Crippen LogP contribution in [0.15, 0.2) is 29.2 Å². The topological polar surface area (TPSA) is 89.3 Å². The van der Waals surface area contributed by atoms with E-state index in [1.54, 1.807) is 12.1 Å². The molecule has 0 saturated heterocycles. The maximum absolute atomic E-state index is 12.1. The summed E-state index contributed by atoms with van der Waals surface area (Å²) in [5, 5.41) is 7.87. The normalized spacial score (nSPS) is 27.8. The molecule has 2 aliphatic rings. The maximum Gasteiger partial charge on any atom is 0.238 e. The van der Waals surface area contributed by atoms with Crippen LogP contribution >= 0.6 is 0 Å². The third kappa shape index (κ3) is 3.27. The number of anilines is 1. The van der Waals surface area contributed by atoms with Crippen LogP contribution < -0.4 is 10.5 Å². The predicted molar refractivity (Wildman–Crippen MR) is 80.0 cm³/mol. The molecule has 114 valence electrons. The predicted octanol–water partition coefficient (Wildman–Crippen LogP) is 2.10. The van der Waals surface area contributed by atoms with Gasteiger partial charge in [0.25, 0.3) is 0 Å². The van der Waals surface area contributed by atoms with Gasteiger partial charge in [0.05, 0.1) is 4.90 Å². The molecule has 3 rings (SSSR count). The highest BCUT2D eigenvalue weighted by molar-refractivity contribution is 7.89. The smallest absolute Gasteiger partial charge is 0.238 e. The number of hydrogen-bond acceptors (Lipinski definition) is 3. The lowest BCUT2D eigenvalue weighted by atomic mass is 9.86. The van der Waals surface area contributed by atoms with Gasteiger partial charge in [-0.15, -0.1) is 0 Å². The highest BCUT2D eigenvalue weighted by Gasteiger charge is 2.40. The molecule has 0 unspecified atom stereocenters. The van der Waals surface area contributed by atoms with Crippen LogP contribution in [0.25, 0.3) is 0 Å². The van der Waals surface area contributed by atoms with Gasteiger partial charge in [-0.1, -0.05) is 12.5 Å².